The number of hydrogen-bond donors (Lipinski definition) is 0. The lowest BCUT2D eigenvalue weighted by molar-refractivity contribution is 0.669. The molecule has 15 aromatic rings. The van der Waals surface area contributed by atoms with Crippen LogP contribution in [0.5, 0.6) is 0 Å². The highest BCUT2D eigenvalue weighted by atomic mass is 16.3. The van der Waals surface area contributed by atoms with Crippen LogP contribution in [0, 0.1) is 0 Å². The topological polar surface area (TPSA) is 74.8 Å². The molecule has 0 aliphatic rings. The smallest absolute Gasteiger partial charge is 0.238 e. The van der Waals surface area contributed by atoms with Crippen LogP contribution >= 0.6 is 0 Å². The van der Waals surface area contributed by atoms with Gasteiger partial charge in [0.1, 0.15) is 22.3 Å². The normalized spacial score (nSPS) is 11.8. The zero-order valence-corrected chi connectivity index (χ0v) is 40.1. The molecule has 5 heterocycles. The fraction of sp³-hybridized carbons (Fsp3) is 0.0455. The second kappa shape index (κ2) is 17.1. The number of nitrogens with zero attached hydrogens (tertiary/aromatic N) is 5. The van der Waals surface area contributed by atoms with Crippen molar-refractivity contribution in [2.24, 2.45) is 0 Å². The van der Waals surface area contributed by atoms with Gasteiger partial charge in [-0.1, -0.05) is 184 Å². The van der Waals surface area contributed by atoms with Gasteiger partial charge in [-0.15, -0.1) is 0 Å². The second-order valence-corrected chi connectivity index (χ2v) is 18.6. The Morgan fingerprint density at radius 1 is 0.342 bits per heavy atom. The number of rotatable bonds is 6. The molecule has 0 bridgehead atoms. The van der Waals surface area contributed by atoms with Gasteiger partial charge in [0.2, 0.25) is 5.95 Å². The van der Waals surface area contributed by atoms with Crippen LogP contribution in [0.25, 0.3) is 144 Å². The summed E-state index contributed by atoms with van der Waals surface area (Å²) in [4.78, 5) is 16.0. The number of fused-ring (bicyclic) bond motifs is 12. The Balaban J connectivity index is 0.00000161. The van der Waals surface area contributed by atoms with Crippen LogP contribution in [-0.2, 0) is 0 Å². The summed E-state index contributed by atoms with van der Waals surface area (Å²) in [7, 11) is 0. The van der Waals surface area contributed by atoms with Crippen LogP contribution in [0.1, 0.15) is 20.3 Å². The molecule has 0 unspecified atom stereocenters. The van der Waals surface area contributed by atoms with Gasteiger partial charge in [-0.05, 0) is 71.8 Å². The van der Waals surface area contributed by atoms with Crippen molar-refractivity contribution < 1.29 is 8.83 Å². The van der Waals surface area contributed by atoms with E-state index in [1.165, 1.54) is 17.2 Å². The van der Waals surface area contributed by atoms with Crippen molar-refractivity contribution in [3.05, 3.63) is 224 Å². The molecule has 15 rings (SSSR count). The standard InChI is InChI=1S/C63H37N5O2.C3H8/c1-2-15-38(16-3-1)61-64-62(41-31-33-49-47-21-6-10-29-56(47)69-58(49)36-41)66-63(65-61)68-55-34-32-42(67-53-27-8-4-19-45(53)46-20-5-9-28-54(46)67)37-52(55)50-25-13-23-43(59(50)68)39-17-12-18-40(35-39)44-24-14-26-51-48-22-7-11-30-57(48)70-60(44)51;1-3-2/h1-37H;3H2,1-2H3. The Bertz CT molecular complexity index is 4580. The third-order valence-electron chi connectivity index (χ3n) is 14.0. The van der Waals surface area contributed by atoms with E-state index in [1.807, 2.05) is 54.6 Å². The third-order valence-corrected chi connectivity index (χ3v) is 14.0. The number of hydrogen-bond acceptors (Lipinski definition) is 5. The fourth-order valence-corrected chi connectivity index (χ4v) is 10.8. The third kappa shape index (κ3) is 6.85. The van der Waals surface area contributed by atoms with E-state index in [0.29, 0.717) is 17.6 Å². The Morgan fingerprint density at radius 2 is 0.877 bits per heavy atom. The first-order valence-electron chi connectivity index (χ1n) is 24.9. The average molecular weight is 940 g/mol. The highest BCUT2D eigenvalue weighted by Gasteiger charge is 2.23. The molecule has 0 radical (unpaired) electrons. The monoisotopic (exact) mass is 939 g/mol. The SMILES string of the molecule is CCC.c1ccc(-c2nc(-c3ccc4c(c3)oc3ccccc34)nc(-n3c4ccc(-n5c6ccccc6c6ccccc65)cc4c4cccc(-c5cccc(-c6cccc7c6oc6ccccc67)c5)c43)n2)cc1. The minimum absolute atomic E-state index is 0.508. The van der Waals surface area contributed by atoms with Crippen molar-refractivity contribution in [2.75, 3.05) is 0 Å². The summed E-state index contributed by atoms with van der Waals surface area (Å²) in [6.45, 7) is 4.25. The van der Waals surface area contributed by atoms with Gasteiger partial charge in [0.05, 0.1) is 22.1 Å². The average Bonchev–Trinajstić information content (AvgIpc) is 4.22. The number of para-hydroxylation sites is 6. The molecule has 0 amide bonds. The maximum atomic E-state index is 6.57. The van der Waals surface area contributed by atoms with Gasteiger partial charge in [0.25, 0.3) is 0 Å². The van der Waals surface area contributed by atoms with Crippen LogP contribution in [0.2, 0.25) is 0 Å². The van der Waals surface area contributed by atoms with Crippen molar-refractivity contribution in [1.29, 1.82) is 0 Å². The van der Waals surface area contributed by atoms with Crippen LogP contribution in [0.4, 0.5) is 0 Å². The molecule has 0 aliphatic heterocycles. The van der Waals surface area contributed by atoms with E-state index in [-0.39, 0.29) is 0 Å². The highest BCUT2D eigenvalue weighted by molar-refractivity contribution is 6.16. The van der Waals surface area contributed by atoms with E-state index >= 15 is 0 Å². The highest BCUT2D eigenvalue weighted by Crippen LogP contribution is 2.43. The maximum absolute atomic E-state index is 6.57. The summed E-state index contributed by atoms with van der Waals surface area (Å²) in [6, 6.07) is 78.6. The lowest BCUT2D eigenvalue weighted by Crippen LogP contribution is -2.07. The Morgan fingerprint density at radius 3 is 1.62 bits per heavy atom. The number of aromatic nitrogens is 5. The molecule has 5 aromatic heterocycles. The molecule has 0 saturated carbocycles. The Hall–Kier alpha value is -9.59. The zero-order valence-electron chi connectivity index (χ0n) is 40.1. The molecule has 0 atom stereocenters. The lowest BCUT2D eigenvalue weighted by Gasteiger charge is -2.14. The van der Waals surface area contributed by atoms with Crippen LogP contribution in [0.3, 0.4) is 0 Å². The molecule has 346 valence electrons. The molecule has 10 aromatic carbocycles. The molecule has 0 spiro atoms. The van der Waals surface area contributed by atoms with Crippen molar-refractivity contribution in [3.8, 4) is 56.7 Å². The Kier molecular flexibility index (Phi) is 9.89. The maximum Gasteiger partial charge on any atom is 0.238 e. The summed E-state index contributed by atoms with van der Waals surface area (Å²) in [5.41, 5.74) is 14.6. The largest absolute Gasteiger partial charge is 0.456 e. The van der Waals surface area contributed by atoms with Gasteiger partial charge in [0, 0.05) is 71.0 Å². The van der Waals surface area contributed by atoms with Gasteiger partial charge in [-0.25, -0.2) is 4.98 Å². The summed E-state index contributed by atoms with van der Waals surface area (Å²) in [5, 5.41) is 8.90. The summed E-state index contributed by atoms with van der Waals surface area (Å²) in [5.74, 6) is 1.62. The second-order valence-electron chi connectivity index (χ2n) is 18.6. The van der Waals surface area contributed by atoms with Crippen molar-refractivity contribution in [1.82, 2.24) is 24.1 Å². The number of benzene rings is 10. The molecule has 0 aliphatic carbocycles. The molecule has 0 fully saturated rings. The molecule has 73 heavy (non-hydrogen) atoms. The summed E-state index contributed by atoms with van der Waals surface area (Å²) < 4.78 is 17.6. The molecule has 0 saturated heterocycles. The number of furan rings is 2. The van der Waals surface area contributed by atoms with Crippen LogP contribution < -0.4 is 0 Å². The van der Waals surface area contributed by atoms with E-state index in [2.05, 4.69) is 193 Å². The fourth-order valence-electron chi connectivity index (χ4n) is 10.8. The van der Waals surface area contributed by atoms with Gasteiger partial charge >= 0.3 is 0 Å². The molecule has 0 N–H and O–H groups in total. The first kappa shape index (κ1) is 42.3. The van der Waals surface area contributed by atoms with Crippen molar-refractivity contribution in [3.63, 3.8) is 0 Å². The lowest BCUT2D eigenvalue weighted by atomic mass is 9.96. The van der Waals surface area contributed by atoms with E-state index in [1.54, 1.807) is 0 Å². The van der Waals surface area contributed by atoms with Crippen LogP contribution in [-0.4, -0.2) is 24.1 Å². The molecule has 7 heteroatoms. The van der Waals surface area contributed by atoms with Gasteiger partial charge < -0.3 is 13.4 Å². The van der Waals surface area contributed by atoms with E-state index in [4.69, 9.17) is 23.8 Å². The van der Waals surface area contributed by atoms with Gasteiger partial charge in [0.15, 0.2) is 11.6 Å². The first-order chi connectivity index (χ1) is 36.1. The minimum Gasteiger partial charge on any atom is -0.456 e. The van der Waals surface area contributed by atoms with E-state index in [9.17, 15) is 0 Å². The Labute approximate surface area is 419 Å². The predicted octanol–water partition coefficient (Wildman–Crippen LogP) is 17.9. The van der Waals surface area contributed by atoms with E-state index in [0.717, 1.165) is 116 Å². The van der Waals surface area contributed by atoms with Crippen molar-refractivity contribution >= 4 is 87.5 Å². The van der Waals surface area contributed by atoms with Crippen molar-refractivity contribution in [2.45, 2.75) is 20.3 Å². The first-order valence-corrected chi connectivity index (χ1v) is 24.9. The molecular weight excluding hydrogens is 895 g/mol. The zero-order chi connectivity index (χ0) is 48.6. The van der Waals surface area contributed by atoms with Crippen LogP contribution in [0.15, 0.2) is 233 Å². The summed E-state index contributed by atoms with van der Waals surface area (Å²) >= 11 is 0. The molecule has 7 nitrogen and oxygen atoms in total. The minimum atomic E-state index is 0.508. The van der Waals surface area contributed by atoms with E-state index < -0.39 is 0 Å². The summed E-state index contributed by atoms with van der Waals surface area (Å²) in [6.07, 6.45) is 1.25. The quantitative estimate of drug-likeness (QED) is 0.166. The molecular formula is C66H45N5O2. The van der Waals surface area contributed by atoms with Gasteiger partial charge in [-0.3, -0.25) is 4.57 Å². The predicted molar refractivity (Wildman–Crippen MR) is 301 cm³/mol. The van der Waals surface area contributed by atoms with Gasteiger partial charge in [-0.2, -0.15) is 9.97 Å².